The van der Waals surface area contributed by atoms with Gasteiger partial charge in [-0.05, 0) is 90.6 Å². The highest BCUT2D eigenvalue weighted by Crippen LogP contribution is 2.48. The van der Waals surface area contributed by atoms with Crippen LogP contribution in [0, 0.1) is 0 Å². The Morgan fingerprint density at radius 1 is 0.683 bits per heavy atom. The number of rotatable bonds is 7. The molecule has 5 aromatic rings. The topological polar surface area (TPSA) is 15.7 Å². The van der Waals surface area contributed by atoms with Crippen molar-refractivity contribution in [3.8, 4) is 16.9 Å². The zero-order chi connectivity index (χ0) is 27.6. The molecule has 0 radical (unpaired) electrons. The molecule has 2 aliphatic heterocycles. The van der Waals surface area contributed by atoms with E-state index >= 15 is 0 Å². The highest BCUT2D eigenvalue weighted by Gasteiger charge is 2.23. The average Bonchev–Trinajstić information content (AvgIpc) is 3.46. The lowest BCUT2D eigenvalue weighted by molar-refractivity contribution is 0.303. The molecule has 2 aliphatic rings. The third kappa shape index (κ3) is 5.50. The molecule has 0 spiro atoms. The normalized spacial score (nSPS) is 16.3. The molecular formula is C37H34N2OS. The highest BCUT2D eigenvalue weighted by molar-refractivity contribution is 7.99. The summed E-state index contributed by atoms with van der Waals surface area (Å²) in [6, 6.07) is 44.3. The number of benzene rings is 5. The minimum absolute atomic E-state index is 0.544. The van der Waals surface area contributed by atoms with Crippen LogP contribution in [0.1, 0.15) is 35.6 Å². The van der Waals surface area contributed by atoms with Gasteiger partial charge in [0.05, 0.1) is 11.4 Å². The Bertz CT molecular complexity index is 1580. The van der Waals surface area contributed by atoms with Crippen molar-refractivity contribution in [1.82, 2.24) is 4.90 Å². The highest BCUT2D eigenvalue weighted by atomic mass is 32.2. The number of hydrogen-bond acceptors (Lipinski definition) is 4. The lowest BCUT2D eigenvalue weighted by Gasteiger charge is -2.32. The van der Waals surface area contributed by atoms with E-state index in [1.807, 2.05) is 11.8 Å². The summed E-state index contributed by atoms with van der Waals surface area (Å²) in [6.45, 7) is 2.59. The molecule has 0 aliphatic carbocycles. The number of nitrogens with zero attached hydrogens (tertiary/aromatic N) is 2. The van der Waals surface area contributed by atoms with Gasteiger partial charge in [-0.25, -0.2) is 0 Å². The Morgan fingerprint density at radius 2 is 1.27 bits per heavy atom. The van der Waals surface area contributed by atoms with E-state index in [1.165, 1.54) is 68.4 Å². The molecule has 4 heteroatoms. The second-order valence-electron chi connectivity index (χ2n) is 11.0. The van der Waals surface area contributed by atoms with Gasteiger partial charge < -0.3 is 9.64 Å². The molecule has 0 amide bonds. The van der Waals surface area contributed by atoms with Crippen LogP contribution < -0.4 is 9.64 Å². The van der Waals surface area contributed by atoms with Gasteiger partial charge in [-0.2, -0.15) is 0 Å². The van der Waals surface area contributed by atoms with Crippen LogP contribution in [0.3, 0.4) is 0 Å². The van der Waals surface area contributed by atoms with Crippen molar-refractivity contribution in [2.75, 3.05) is 18.5 Å². The molecule has 0 saturated carbocycles. The van der Waals surface area contributed by atoms with Crippen LogP contribution in [0.15, 0.2) is 131 Å². The number of para-hydroxylation sites is 2. The van der Waals surface area contributed by atoms with E-state index in [0.717, 1.165) is 12.3 Å². The standard InChI is InChI=1S/C37H34N2OS/c1-38-24-6-9-33(38)31-20-22-32(23-21-31)40-26-28-14-18-30(19-15-28)29-16-12-27(13-17-29)25-39-34-7-2-4-10-36(34)41-37-11-5-3-8-35(37)39/h2-5,7-8,10-23,33H,6,9,24-26H2,1H3. The van der Waals surface area contributed by atoms with E-state index in [2.05, 4.69) is 138 Å². The van der Waals surface area contributed by atoms with Crippen molar-refractivity contribution >= 4 is 23.1 Å². The maximum absolute atomic E-state index is 6.10. The van der Waals surface area contributed by atoms with Gasteiger partial charge in [0.25, 0.3) is 0 Å². The molecule has 5 aromatic carbocycles. The predicted molar refractivity (Wildman–Crippen MR) is 170 cm³/mol. The Morgan fingerprint density at radius 3 is 1.85 bits per heavy atom. The van der Waals surface area contributed by atoms with Gasteiger partial charge in [-0.3, -0.25) is 4.90 Å². The summed E-state index contributed by atoms with van der Waals surface area (Å²) in [6.07, 6.45) is 2.52. The fraction of sp³-hybridized carbons (Fsp3) is 0.189. The Balaban J connectivity index is 0.998. The van der Waals surface area contributed by atoms with Crippen molar-refractivity contribution in [2.45, 2.75) is 41.8 Å². The van der Waals surface area contributed by atoms with Crippen LogP contribution in [0.4, 0.5) is 11.4 Å². The van der Waals surface area contributed by atoms with Gasteiger partial charge in [-0.15, -0.1) is 0 Å². The molecule has 41 heavy (non-hydrogen) atoms. The third-order valence-corrected chi connectivity index (χ3v) is 9.43. The summed E-state index contributed by atoms with van der Waals surface area (Å²) in [4.78, 5) is 7.49. The first-order chi connectivity index (χ1) is 20.2. The van der Waals surface area contributed by atoms with Gasteiger partial charge in [0.15, 0.2) is 0 Å². The number of ether oxygens (including phenoxy) is 1. The van der Waals surface area contributed by atoms with Gasteiger partial charge >= 0.3 is 0 Å². The van der Waals surface area contributed by atoms with Gasteiger partial charge in [-0.1, -0.05) is 96.7 Å². The average molecular weight is 555 g/mol. The van der Waals surface area contributed by atoms with Crippen LogP contribution in [0.5, 0.6) is 5.75 Å². The largest absolute Gasteiger partial charge is 0.489 e. The Hall–Kier alpha value is -3.99. The SMILES string of the molecule is CN1CCCC1c1ccc(OCc2ccc(-c3ccc(CN4c5ccccc5Sc5ccccc54)cc3)cc2)cc1. The van der Waals surface area contributed by atoms with Crippen molar-refractivity contribution in [3.05, 3.63) is 138 Å². The summed E-state index contributed by atoms with van der Waals surface area (Å²) < 4.78 is 6.10. The monoisotopic (exact) mass is 554 g/mol. The zero-order valence-electron chi connectivity index (χ0n) is 23.4. The van der Waals surface area contributed by atoms with E-state index in [-0.39, 0.29) is 0 Å². The van der Waals surface area contributed by atoms with Gasteiger partial charge in [0, 0.05) is 22.4 Å². The van der Waals surface area contributed by atoms with E-state index in [9.17, 15) is 0 Å². The molecule has 2 heterocycles. The second-order valence-corrected chi connectivity index (χ2v) is 12.1. The lowest BCUT2D eigenvalue weighted by Crippen LogP contribution is -2.20. The minimum atomic E-state index is 0.544. The molecule has 7 rings (SSSR count). The van der Waals surface area contributed by atoms with Gasteiger partial charge in [0.2, 0.25) is 0 Å². The summed E-state index contributed by atoms with van der Waals surface area (Å²) in [5, 5.41) is 0. The molecule has 0 N–H and O–H groups in total. The molecule has 3 nitrogen and oxygen atoms in total. The van der Waals surface area contributed by atoms with E-state index in [4.69, 9.17) is 4.74 Å². The molecule has 0 aromatic heterocycles. The first kappa shape index (κ1) is 25.9. The van der Waals surface area contributed by atoms with Crippen LogP contribution in [0.25, 0.3) is 11.1 Å². The summed E-state index contributed by atoms with van der Waals surface area (Å²) in [5.74, 6) is 0.923. The molecule has 1 unspecified atom stereocenters. The second kappa shape index (κ2) is 11.5. The van der Waals surface area contributed by atoms with Crippen LogP contribution in [0.2, 0.25) is 0 Å². The summed E-state index contributed by atoms with van der Waals surface area (Å²) in [7, 11) is 2.22. The number of fused-ring (bicyclic) bond motifs is 2. The first-order valence-corrected chi connectivity index (χ1v) is 15.3. The maximum atomic E-state index is 6.10. The first-order valence-electron chi connectivity index (χ1n) is 14.5. The van der Waals surface area contributed by atoms with Crippen LogP contribution in [-0.2, 0) is 13.2 Å². The predicted octanol–water partition coefficient (Wildman–Crippen LogP) is 9.50. The van der Waals surface area contributed by atoms with Crippen molar-refractivity contribution < 1.29 is 4.74 Å². The minimum Gasteiger partial charge on any atom is -0.489 e. The van der Waals surface area contributed by atoms with E-state index in [1.54, 1.807) is 0 Å². The smallest absolute Gasteiger partial charge is 0.119 e. The maximum Gasteiger partial charge on any atom is 0.119 e. The van der Waals surface area contributed by atoms with E-state index < -0.39 is 0 Å². The van der Waals surface area contributed by atoms with Gasteiger partial charge in [0.1, 0.15) is 12.4 Å². The summed E-state index contributed by atoms with van der Waals surface area (Å²) in [5.41, 5.74) is 8.84. The van der Waals surface area contributed by atoms with Crippen LogP contribution in [-0.4, -0.2) is 18.5 Å². The van der Waals surface area contributed by atoms with Crippen LogP contribution >= 0.6 is 11.8 Å². The Kier molecular flexibility index (Phi) is 7.26. The number of likely N-dealkylation sites (tertiary alicyclic amines) is 1. The molecule has 1 fully saturated rings. The molecule has 0 bridgehead atoms. The molecule has 1 saturated heterocycles. The Labute approximate surface area is 247 Å². The summed E-state index contributed by atoms with van der Waals surface area (Å²) >= 11 is 1.85. The van der Waals surface area contributed by atoms with E-state index in [0.29, 0.717) is 12.6 Å². The zero-order valence-corrected chi connectivity index (χ0v) is 24.2. The van der Waals surface area contributed by atoms with Crippen molar-refractivity contribution in [2.24, 2.45) is 0 Å². The molecule has 204 valence electrons. The molecular weight excluding hydrogens is 520 g/mol. The van der Waals surface area contributed by atoms with Crippen molar-refractivity contribution in [3.63, 3.8) is 0 Å². The molecule has 1 atom stereocenters. The van der Waals surface area contributed by atoms with Crippen molar-refractivity contribution in [1.29, 1.82) is 0 Å². The fourth-order valence-electron chi connectivity index (χ4n) is 6.01. The quantitative estimate of drug-likeness (QED) is 0.199. The fourth-order valence-corrected chi connectivity index (χ4v) is 7.11. The number of hydrogen-bond donors (Lipinski definition) is 0. The lowest BCUT2D eigenvalue weighted by atomic mass is 10.0. The third-order valence-electron chi connectivity index (χ3n) is 8.30. The number of anilines is 2.